The highest BCUT2D eigenvalue weighted by Gasteiger charge is 2.52. The quantitative estimate of drug-likeness (QED) is 0.658. The van der Waals surface area contributed by atoms with Gasteiger partial charge in [-0.25, -0.2) is 9.18 Å². The Balaban J connectivity index is 1.49. The fourth-order valence-corrected chi connectivity index (χ4v) is 3.90. The monoisotopic (exact) mass is 446 g/mol. The number of likely N-dealkylation sites (tertiary alicyclic amines) is 1. The molecule has 3 heterocycles. The molecule has 2 aromatic rings. The lowest BCUT2D eigenvalue weighted by molar-refractivity contribution is 0.00578. The van der Waals surface area contributed by atoms with Crippen LogP contribution in [0.15, 0.2) is 12.1 Å². The maximum atomic E-state index is 14.9. The van der Waals surface area contributed by atoms with E-state index in [0.717, 1.165) is 0 Å². The second-order valence-electron chi connectivity index (χ2n) is 10.7. The molecule has 0 N–H and O–H groups in total. The Morgan fingerprint density at radius 1 is 1.12 bits per heavy atom. The largest absolute Gasteiger partial charge is 0.495 e. The molecule has 0 unspecified atom stereocenters. The highest BCUT2D eigenvalue weighted by molar-refractivity contribution is 6.62. The molecule has 0 spiro atoms. The van der Waals surface area contributed by atoms with Gasteiger partial charge in [0.15, 0.2) is 5.82 Å². The van der Waals surface area contributed by atoms with Crippen LogP contribution in [-0.4, -0.2) is 63.0 Å². The van der Waals surface area contributed by atoms with E-state index in [1.165, 1.54) is 6.07 Å². The molecule has 1 amide bonds. The van der Waals surface area contributed by atoms with Crippen molar-refractivity contribution >= 4 is 29.7 Å². The number of carbonyl (C=O) groups is 1. The molecular weight excluding hydrogens is 414 g/mol. The van der Waals surface area contributed by atoms with Crippen LogP contribution in [0.4, 0.5) is 9.18 Å². The number of benzene rings is 1. The SMILES string of the molecule is CC(C)(C)OC(=O)N1CCC(n2nc3cc(B4OC(C)(C)C(C)(C)O4)cc(F)c3n2)CC1. The summed E-state index contributed by atoms with van der Waals surface area (Å²) in [6.45, 7) is 14.5. The minimum atomic E-state index is -0.666. The van der Waals surface area contributed by atoms with Crippen molar-refractivity contribution in [2.24, 2.45) is 0 Å². The molecule has 0 radical (unpaired) electrons. The highest BCUT2D eigenvalue weighted by Crippen LogP contribution is 2.36. The van der Waals surface area contributed by atoms with Crippen LogP contribution in [0.3, 0.4) is 0 Å². The Labute approximate surface area is 188 Å². The number of aromatic nitrogens is 3. The fourth-order valence-electron chi connectivity index (χ4n) is 3.90. The Morgan fingerprint density at radius 2 is 1.72 bits per heavy atom. The molecule has 8 nitrogen and oxygen atoms in total. The van der Waals surface area contributed by atoms with E-state index in [1.54, 1.807) is 15.8 Å². The number of ether oxygens (including phenoxy) is 1. The summed E-state index contributed by atoms with van der Waals surface area (Å²) in [6, 6.07) is 3.18. The number of rotatable bonds is 2. The zero-order valence-electron chi connectivity index (χ0n) is 19.9. The molecule has 0 aliphatic carbocycles. The van der Waals surface area contributed by atoms with Crippen molar-refractivity contribution in [3.63, 3.8) is 0 Å². The number of hydrogen-bond donors (Lipinski definition) is 0. The summed E-state index contributed by atoms with van der Waals surface area (Å²) >= 11 is 0. The lowest BCUT2D eigenvalue weighted by atomic mass is 9.79. The van der Waals surface area contributed by atoms with E-state index >= 15 is 0 Å². The standard InChI is InChI=1S/C22H32BFN4O4/c1-20(2,3)30-19(29)27-10-8-15(9-11-27)28-25-17-13-14(12-16(24)18(17)26-28)23-31-21(4,5)22(6,7)32-23/h12-13,15H,8-11H2,1-7H3. The van der Waals surface area contributed by atoms with Crippen LogP contribution in [0.1, 0.15) is 67.3 Å². The number of halogens is 1. The smallest absolute Gasteiger partial charge is 0.444 e. The molecule has 32 heavy (non-hydrogen) atoms. The van der Waals surface area contributed by atoms with Crippen molar-refractivity contribution < 1.29 is 23.2 Å². The van der Waals surface area contributed by atoms with Gasteiger partial charge in [-0.2, -0.15) is 9.90 Å². The van der Waals surface area contributed by atoms with E-state index < -0.39 is 29.7 Å². The molecule has 1 aromatic heterocycles. The first-order valence-electron chi connectivity index (χ1n) is 11.2. The van der Waals surface area contributed by atoms with E-state index in [0.29, 0.717) is 36.9 Å². The molecule has 2 fully saturated rings. The van der Waals surface area contributed by atoms with Gasteiger partial charge in [-0.3, -0.25) is 0 Å². The van der Waals surface area contributed by atoms with Crippen molar-refractivity contribution in [3.05, 3.63) is 17.9 Å². The van der Waals surface area contributed by atoms with E-state index in [-0.39, 0.29) is 17.7 Å². The van der Waals surface area contributed by atoms with E-state index in [2.05, 4.69) is 10.2 Å². The van der Waals surface area contributed by atoms with Gasteiger partial charge in [0.25, 0.3) is 0 Å². The molecule has 2 aliphatic heterocycles. The Kier molecular flexibility index (Phi) is 5.52. The minimum Gasteiger partial charge on any atom is -0.444 e. The normalized spacial score (nSPS) is 21.4. The van der Waals surface area contributed by atoms with Gasteiger partial charge in [0.2, 0.25) is 0 Å². The summed E-state index contributed by atoms with van der Waals surface area (Å²) in [5, 5.41) is 8.96. The molecule has 1 aromatic carbocycles. The molecule has 0 bridgehead atoms. The zero-order chi connectivity index (χ0) is 23.5. The summed E-state index contributed by atoms with van der Waals surface area (Å²) in [7, 11) is -0.666. The van der Waals surface area contributed by atoms with Crippen molar-refractivity contribution in [2.75, 3.05) is 13.1 Å². The first-order chi connectivity index (χ1) is 14.8. The predicted octanol–water partition coefficient (Wildman–Crippen LogP) is 3.44. The van der Waals surface area contributed by atoms with Gasteiger partial charge in [-0.1, -0.05) is 0 Å². The average Bonchev–Trinajstić information content (AvgIpc) is 3.19. The predicted molar refractivity (Wildman–Crippen MR) is 119 cm³/mol. The summed E-state index contributed by atoms with van der Waals surface area (Å²) in [5.41, 5.74) is -0.280. The van der Waals surface area contributed by atoms with Gasteiger partial charge in [0.1, 0.15) is 16.6 Å². The van der Waals surface area contributed by atoms with Crippen LogP contribution in [0.5, 0.6) is 0 Å². The lowest BCUT2D eigenvalue weighted by Crippen LogP contribution is -2.42. The first-order valence-corrected chi connectivity index (χ1v) is 11.2. The Bertz CT molecular complexity index is 1010. The van der Waals surface area contributed by atoms with Gasteiger partial charge >= 0.3 is 13.2 Å². The third-order valence-electron chi connectivity index (χ3n) is 6.45. The Hall–Kier alpha value is -2.20. The Morgan fingerprint density at radius 3 is 2.28 bits per heavy atom. The lowest BCUT2D eigenvalue weighted by Gasteiger charge is -2.32. The summed E-state index contributed by atoms with van der Waals surface area (Å²) < 4.78 is 32.4. The van der Waals surface area contributed by atoms with Crippen LogP contribution in [-0.2, 0) is 14.0 Å². The number of fused-ring (bicyclic) bond motifs is 1. The van der Waals surface area contributed by atoms with Gasteiger partial charge < -0.3 is 18.9 Å². The van der Waals surface area contributed by atoms with Crippen molar-refractivity contribution in [1.82, 2.24) is 19.9 Å². The third kappa shape index (κ3) is 4.35. The van der Waals surface area contributed by atoms with Gasteiger partial charge in [-0.05, 0) is 78.9 Å². The van der Waals surface area contributed by atoms with Crippen molar-refractivity contribution in [3.8, 4) is 0 Å². The zero-order valence-corrected chi connectivity index (χ0v) is 19.9. The maximum absolute atomic E-state index is 14.9. The van der Waals surface area contributed by atoms with Crippen molar-refractivity contribution in [1.29, 1.82) is 0 Å². The first kappa shape index (κ1) is 23.0. The molecule has 174 valence electrons. The topological polar surface area (TPSA) is 78.7 Å². The second kappa shape index (κ2) is 7.69. The van der Waals surface area contributed by atoms with E-state index in [1.807, 2.05) is 48.5 Å². The minimum absolute atomic E-state index is 0.0132. The third-order valence-corrected chi connectivity index (χ3v) is 6.45. The van der Waals surface area contributed by atoms with Crippen LogP contribution < -0.4 is 5.46 Å². The summed E-state index contributed by atoms with van der Waals surface area (Å²) in [4.78, 5) is 15.6. The molecule has 0 atom stereocenters. The number of carbonyl (C=O) groups excluding carboxylic acids is 1. The molecule has 10 heteroatoms. The number of nitrogens with zero attached hydrogens (tertiary/aromatic N) is 4. The summed E-state index contributed by atoms with van der Waals surface area (Å²) in [6.07, 6.45) is 1.03. The van der Waals surface area contributed by atoms with Crippen LogP contribution >= 0.6 is 0 Å². The van der Waals surface area contributed by atoms with Crippen LogP contribution in [0.2, 0.25) is 0 Å². The van der Waals surface area contributed by atoms with Gasteiger partial charge in [-0.15, -0.1) is 5.10 Å². The van der Waals surface area contributed by atoms with E-state index in [9.17, 15) is 9.18 Å². The molecule has 4 rings (SSSR count). The van der Waals surface area contributed by atoms with Gasteiger partial charge in [0.05, 0.1) is 17.2 Å². The fraction of sp³-hybridized carbons (Fsp3) is 0.682. The number of piperidine rings is 1. The summed E-state index contributed by atoms with van der Waals surface area (Å²) in [5.74, 6) is -0.454. The molecular formula is C22H32BFN4O4. The van der Waals surface area contributed by atoms with Gasteiger partial charge in [0, 0.05) is 13.1 Å². The second-order valence-corrected chi connectivity index (χ2v) is 10.7. The molecule has 0 saturated carbocycles. The average molecular weight is 446 g/mol. The number of hydrogen-bond acceptors (Lipinski definition) is 6. The van der Waals surface area contributed by atoms with E-state index in [4.69, 9.17) is 14.0 Å². The number of amides is 1. The molecule has 2 aliphatic rings. The maximum Gasteiger partial charge on any atom is 0.495 e. The van der Waals surface area contributed by atoms with Crippen molar-refractivity contribution in [2.45, 2.75) is 84.2 Å². The van der Waals surface area contributed by atoms with Crippen LogP contribution in [0, 0.1) is 5.82 Å². The van der Waals surface area contributed by atoms with Crippen LogP contribution in [0.25, 0.3) is 11.0 Å². The molecule has 2 saturated heterocycles. The highest BCUT2D eigenvalue weighted by atomic mass is 19.1.